The fraction of sp³-hybridized carbons (Fsp3) is 0.417. The Hall–Kier alpha value is -1.35. The number of hydrogen-bond donors (Lipinski definition) is 2. The molecule has 1 heterocycles. The molecule has 1 amide bonds. The van der Waals surface area contributed by atoms with E-state index < -0.39 is 0 Å². The maximum absolute atomic E-state index is 11.2. The Kier molecular flexibility index (Phi) is 1.68. The summed E-state index contributed by atoms with van der Waals surface area (Å²) in [6.45, 7) is 0. The summed E-state index contributed by atoms with van der Waals surface area (Å²) in [6, 6.07) is 6.17. The van der Waals surface area contributed by atoms with Crippen molar-refractivity contribution in [3.63, 3.8) is 0 Å². The predicted molar refractivity (Wildman–Crippen MR) is 58.5 cm³/mol. The summed E-state index contributed by atoms with van der Waals surface area (Å²) in [6.07, 6.45) is 3.59. The van der Waals surface area contributed by atoms with Crippen molar-refractivity contribution in [3.8, 4) is 0 Å². The molecule has 15 heavy (non-hydrogen) atoms. The maximum atomic E-state index is 11.2. The molecule has 0 unspecified atom stereocenters. The van der Waals surface area contributed by atoms with Gasteiger partial charge < -0.3 is 11.1 Å². The number of carbonyl (C=O) groups is 1. The molecule has 0 atom stereocenters. The first-order chi connectivity index (χ1) is 7.17. The van der Waals surface area contributed by atoms with Gasteiger partial charge in [-0.1, -0.05) is 12.1 Å². The van der Waals surface area contributed by atoms with Crippen LogP contribution in [0, 0.1) is 0 Å². The maximum Gasteiger partial charge on any atom is 0.224 e. The van der Waals surface area contributed by atoms with Crippen LogP contribution in [0.15, 0.2) is 18.2 Å². The van der Waals surface area contributed by atoms with Crippen molar-refractivity contribution < 1.29 is 4.79 Å². The average Bonchev–Trinajstić information content (AvgIpc) is 2.97. The Morgan fingerprint density at radius 1 is 1.27 bits per heavy atom. The zero-order valence-corrected chi connectivity index (χ0v) is 8.55. The molecule has 0 spiro atoms. The Bertz CT molecular complexity index is 435. The van der Waals surface area contributed by atoms with Gasteiger partial charge in [0.25, 0.3) is 0 Å². The largest absolute Gasteiger partial charge is 0.326 e. The molecule has 1 saturated carbocycles. The standard InChI is InChI=1S/C12H14N2O/c13-12(5-6-12)9-2-3-10-8(7-9)1-4-11(15)14-10/h2-3,7H,1,4-6,13H2,(H,14,15). The molecule has 0 aromatic heterocycles. The van der Waals surface area contributed by atoms with Crippen LogP contribution >= 0.6 is 0 Å². The van der Waals surface area contributed by atoms with Crippen molar-refractivity contribution in [1.29, 1.82) is 0 Å². The predicted octanol–water partition coefficient (Wildman–Crippen LogP) is 1.52. The number of hydrogen-bond acceptors (Lipinski definition) is 2. The molecule has 1 aliphatic heterocycles. The Balaban J connectivity index is 1.99. The number of anilines is 1. The van der Waals surface area contributed by atoms with Gasteiger partial charge in [-0.15, -0.1) is 0 Å². The third-order valence-electron chi connectivity index (χ3n) is 3.36. The van der Waals surface area contributed by atoms with Gasteiger partial charge in [0.2, 0.25) is 5.91 Å². The van der Waals surface area contributed by atoms with E-state index in [1.807, 2.05) is 12.1 Å². The van der Waals surface area contributed by atoms with Gasteiger partial charge in [0, 0.05) is 17.6 Å². The van der Waals surface area contributed by atoms with Crippen molar-refractivity contribution in [2.45, 2.75) is 31.2 Å². The number of benzene rings is 1. The SMILES string of the molecule is NC1(c2ccc3c(c2)CCC(=O)N3)CC1. The highest BCUT2D eigenvalue weighted by Gasteiger charge is 2.40. The number of fused-ring (bicyclic) bond motifs is 1. The molecule has 0 bridgehead atoms. The second-order valence-electron chi connectivity index (χ2n) is 4.58. The van der Waals surface area contributed by atoms with Crippen LogP contribution in [0.1, 0.15) is 30.4 Å². The molecule has 3 N–H and O–H groups in total. The van der Waals surface area contributed by atoms with E-state index in [1.54, 1.807) is 0 Å². The fourth-order valence-corrected chi connectivity index (χ4v) is 2.12. The topological polar surface area (TPSA) is 55.1 Å². The minimum Gasteiger partial charge on any atom is -0.326 e. The summed E-state index contributed by atoms with van der Waals surface area (Å²) in [4.78, 5) is 11.2. The quantitative estimate of drug-likeness (QED) is 0.725. The number of carbonyl (C=O) groups excluding carboxylic acids is 1. The molecule has 1 aromatic carbocycles. The number of nitrogens with two attached hydrogens (primary N) is 1. The van der Waals surface area contributed by atoms with E-state index in [1.165, 1.54) is 11.1 Å². The van der Waals surface area contributed by atoms with Crippen LogP contribution in [0.25, 0.3) is 0 Å². The molecule has 1 fully saturated rings. The van der Waals surface area contributed by atoms with Crippen molar-refractivity contribution in [2.24, 2.45) is 5.73 Å². The van der Waals surface area contributed by atoms with Crippen LogP contribution < -0.4 is 11.1 Å². The second kappa shape index (κ2) is 2.83. The first-order valence-electron chi connectivity index (χ1n) is 5.40. The van der Waals surface area contributed by atoms with Gasteiger partial charge in [-0.3, -0.25) is 4.79 Å². The van der Waals surface area contributed by atoms with E-state index in [4.69, 9.17) is 5.73 Å². The molecule has 3 nitrogen and oxygen atoms in total. The smallest absolute Gasteiger partial charge is 0.224 e. The highest BCUT2D eigenvalue weighted by molar-refractivity contribution is 5.93. The lowest BCUT2D eigenvalue weighted by molar-refractivity contribution is -0.116. The average molecular weight is 202 g/mol. The summed E-state index contributed by atoms with van der Waals surface area (Å²) < 4.78 is 0. The van der Waals surface area contributed by atoms with Gasteiger partial charge in [0.1, 0.15) is 0 Å². The molecule has 0 saturated heterocycles. The van der Waals surface area contributed by atoms with Gasteiger partial charge in [-0.25, -0.2) is 0 Å². The first kappa shape index (κ1) is 8.92. The summed E-state index contributed by atoms with van der Waals surface area (Å²) in [5.74, 6) is 0.115. The van der Waals surface area contributed by atoms with E-state index >= 15 is 0 Å². The zero-order valence-electron chi connectivity index (χ0n) is 8.55. The van der Waals surface area contributed by atoms with Crippen LogP contribution in [0.4, 0.5) is 5.69 Å². The van der Waals surface area contributed by atoms with Crippen molar-refractivity contribution >= 4 is 11.6 Å². The second-order valence-corrected chi connectivity index (χ2v) is 4.58. The van der Waals surface area contributed by atoms with E-state index in [-0.39, 0.29) is 11.4 Å². The molecule has 78 valence electrons. The molecule has 3 rings (SSSR count). The summed E-state index contributed by atoms with van der Waals surface area (Å²) in [5, 5.41) is 2.88. The Morgan fingerprint density at radius 2 is 2.07 bits per heavy atom. The molecule has 3 heteroatoms. The Labute approximate surface area is 88.7 Å². The number of aryl methyl sites for hydroxylation is 1. The van der Waals surface area contributed by atoms with E-state index in [0.29, 0.717) is 6.42 Å². The van der Waals surface area contributed by atoms with Gasteiger partial charge in [-0.05, 0) is 36.5 Å². The highest BCUT2D eigenvalue weighted by Crippen LogP contribution is 2.43. The molecular formula is C12H14N2O. The number of amides is 1. The van der Waals surface area contributed by atoms with Crippen LogP contribution in [0.3, 0.4) is 0 Å². The molecule has 0 radical (unpaired) electrons. The van der Waals surface area contributed by atoms with Gasteiger partial charge in [0.05, 0.1) is 0 Å². The fourth-order valence-electron chi connectivity index (χ4n) is 2.12. The molecule has 2 aliphatic rings. The Morgan fingerprint density at radius 3 is 2.80 bits per heavy atom. The summed E-state index contributed by atoms with van der Waals surface area (Å²) in [7, 11) is 0. The van der Waals surface area contributed by atoms with Crippen LogP contribution in [-0.2, 0) is 16.8 Å². The third-order valence-corrected chi connectivity index (χ3v) is 3.36. The van der Waals surface area contributed by atoms with Crippen LogP contribution in [0.5, 0.6) is 0 Å². The van der Waals surface area contributed by atoms with E-state index in [0.717, 1.165) is 24.9 Å². The van der Waals surface area contributed by atoms with Crippen LogP contribution in [0.2, 0.25) is 0 Å². The molecular weight excluding hydrogens is 188 g/mol. The summed E-state index contributed by atoms with van der Waals surface area (Å²) in [5.41, 5.74) is 9.47. The minimum absolute atomic E-state index is 0.0729. The normalized spacial score (nSPS) is 21.8. The van der Waals surface area contributed by atoms with E-state index in [2.05, 4.69) is 11.4 Å². The van der Waals surface area contributed by atoms with Crippen LogP contribution in [-0.4, -0.2) is 5.91 Å². The lowest BCUT2D eigenvalue weighted by Gasteiger charge is -2.19. The minimum atomic E-state index is -0.0729. The molecule has 1 aliphatic carbocycles. The monoisotopic (exact) mass is 202 g/mol. The highest BCUT2D eigenvalue weighted by atomic mass is 16.1. The lowest BCUT2D eigenvalue weighted by Crippen LogP contribution is -2.22. The van der Waals surface area contributed by atoms with Gasteiger partial charge >= 0.3 is 0 Å². The third kappa shape index (κ3) is 1.43. The lowest BCUT2D eigenvalue weighted by atomic mass is 9.96. The molecule has 1 aromatic rings. The number of nitrogens with one attached hydrogen (secondary N) is 1. The van der Waals surface area contributed by atoms with Crippen molar-refractivity contribution in [1.82, 2.24) is 0 Å². The van der Waals surface area contributed by atoms with Gasteiger partial charge in [-0.2, -0.15) is 0 Å². The summed E-state index contributed by atoms with van der Waals surface area (Å²) >= 11 is 0. The number of rotatable bonds is 1. The zero-order chi connectivity index (χ0) is 10.5. The van der Waals surface area contributed by atoms with Crippen molar-refractivity contribution in [2.75, 3.05) is 5.32 Å². The first-order valence-corrected chi connectivity index (χ1v) is 5.40. The van der Waals surface area contributed by atoms with Gasteiger partial charge in [0.15, 0.2) is 0 Å². The van der Waals surface area contributed by atoms with E-state index in [9.17, 15) is 4.79 Å². The van der Waals surface area contributed by atoms with Crippen molar-refractivity contribution in [3.05, 3.63) is 29.3 Å².